The molecule has 2 heterocycles. The molecule has 3 aromatic rings. The van der Waals surface area contributed by atoms with Gasteiger partial charge in [0.1, 0.15) is 11.3 Å². The van der Waals surface area contributed by atoms with Gasteiger partial charge in [-0.25, -0.2) is 4.98 Å². The minimum atomic E-state index is 0.119. The van der Waals surface area contributed by atoms with Crippen LogP contribution in [0.2, 0.25) is 0 Å². The van der Waals surface area contributed by atoms with Crippen LogP contribution < -0.4 is 10.1 Å². The monoisotopic (exact) mass is 348 g/mol. The Morgan fingerprint density at radius 1 is 0.962 bits per heavy atom. The van der Waals surface area contributed by atoms with Crippen molar-refractivity contribution >= 4 is 22.8 Å². The lowest BCUT2D eigenvalue weighted by atomic mass is 9.88. The Labute approximate surface area is 151 Å². The Balaban J connectivity index is 1.41. The van der Waals surface area contributed by atoms with E-state index in [1.165, 1.54) is 6.42 Å². The van der Waals surface area contributed by atoms with E-state index >= 15 is 0 Å². The van der Waals surface area contributed by atoms with Gasteiger partial charge in [0, 0.05) is 30.1 Å². The molecule has 6 heteroatoms. The average Bonchev–Trinajstić information content (AvgIpc) is 2.70. The molecule has 0 unspecified atom stereocenters. The first-order valence-electron chi connectivity index (χ1n) is 8.94. The Kier molecular flexibility index (Phi) is 4.73. The Morgan fingerprint density at radius 2 is 1.73 bits per heavy atom. The lowest BCUT2D eigenvalue weighted by Gasteiger charge is -2.20. The molecular weight excluding hydrogens is 328 g/mol. The molecule has 4 rings (SSSR count). The highest BCUT2D eigenvalue weighted by atomic mass is 16.5. The molecule has 0 bridgehead atoms. The van der Waals surface area contributed by atoms with E-state index in [0.29, 0.717) is 17.3 Å². The van der Waals surface area contributed by atoms with E-state index in [0.717, 1.165) is 36.9 Å². The summed E-state index contributed by atoms with van der Waals surface area (Å²) in [4.78, 5) is 25.0. The molecule has 26 heavy (non-hydrogen) atoms. The van der Waals surface area contributed by atoms with Gasteiger partial charge in [-0.2, -0.15) is 4.98 Å². The summed E-state index contributed by atoms with van der Waals surface area (Å²) in [5.41, 5.74) is 2.05. The molecule has 1 amide bonds. The number of carbonyl (C=O) groups is 1. The minimum absolute atomic E-state index is 0.119. The number of aromatic nitrogens is 3. The maximum Gasteiger partial charge on any atom is 0.227 e. The van der Waals surface area contributed by atoms with Gasteiger partial charge < -0.3 is 10.1 Å². The van der Waals surface area contributed by atoms with Crippen molar-refractivity contribution < 1.29 is 9.53 Å². The number of fused-ring (bicyclic) bond motifs is 1. The molecule has 1 fully saturated rings. The molecule has 0 aliphatic heterocycles. The number of pyridine rings is 1. The fraction of sp³-hybridized carbons (Fsp3) is 0.300. The standard InChI is InChI=1S/C20H20N4O2/c25-20(14-4-2-1-3-5-14)23-15-6-8-16(9-7-15)26-18-11-10-17-19(24-18)22-13-12-21-17/h6-14H,1-5H2,(H,23,25). The summed E-state index contributed by atoms with van der Waals surface area (Å²) in [5.74, 6) is 1.36. The Hall–Kier alpha value is -3.02. The molecular formula is C20H20N4O2. The van der Waals surface area contributed by atoms with E-state index in [2.05, 4.69) is 20.3 Å². The molecule has 0 saturated heterocycles. The van der Waals surface area contributed by atoms with E-state index in [4.69, 9.17) is 4.74 Å². The summed E-state index contributed by atoms with van der Waals surface area (Å²) in [7, 11) is 0. The normalized spacial score (nSPS) is 14.9. The second-order valence-corrected chi connectivity index (χ2v) is 6.50. The quantitative estimate of drug-likeness (QED) is 0.759. The van der Waals surface area contributed by atoms with Gasteiger partial charge in [0.05, 0.1) is 0 Å². The van der Waals surface area contributed by atoms with E-state index in [9.17, 15) is 4.79 Å². The first-order chi connectivity index (χ1) is 12.8. The number of nitrogens with one attached hydrogen (secondary N) is 1. The lowest BCUT2D eigenvalue weighted by Crippen LogP contribution is -2.24. The summed E-state index contributed by atoms with van der Waals surface area (Å²) in [6.45, 7) is 0. The zero-order valence-corrected chi connectivity index (χ0v) is 14.4. The Bertz CT molecular complexity index is 905. The summed E-state index contributed by atoms with van der Waals surface area (Å²) in [6.07, 6.45) is 8.74. The topological polar surface area (TPSA) is 77.0 Å². The first-order valence-corrected chi connectivity index (χ1v) is 8.94. The number of hydrogen-bond acceptors (Lipinski definition) is 5. The van der Waals surface area contributed by atoms with Crippen LogP contribution in [0.3, 0.4) is 0 Å². The van der Waals surface area contributed by atoms with Gasteiger partial charge in [0.25, 0.3) is 0 Å². The number of carbonyl (C=O) groups excluding carboxylic acids is 1. The van der Waals surface area contributed by atoms with Gasteiger partial charge in [0.15, 0.2) is 5.65 Å². The minimum Gasteiger partial charge on any atom is -0.439 e. The molecule has 132 valence electrons. The van der Waals surface area contributed by atoms with Crippen LogP contribution in [0.4, 0.5) is 5.69 Å². The van der Waals surface area contributed by atoms with Crippen molar-refractivity contribution in [2.45, 2.75) is 32.1 Å². The number of anilines is 1. The van der Waals surface area contributed by atoms with E-state index in [1.807, 2.05) is 30.3 Å². The van der Waals surface area contributed by atoms with Crippen molar-refractivity contribution in [3.05, 3.63) is 48.8 Å². The zero-order chi connectivity index (χ0) is 17.8. The molecule has 1 saturated carbocycles. The van der Waals surface area contributed by atoms with Gasteiger partial charge in [-0.15, -0.1) is 0 Å². The van der Waals surface area contributed by atoms with Crippen LogP contribution in [-0.4, -0.2) is 20.9 Å². The zero-order valence-electron chi connectivity index (χ0n) is 14.4. The molecule has 2 aromatic heterocycles. The highest BCUT2D eigenvalue weighted by Crippen LogP contribution is 2.26. The van der Waals surface area contributed by atoms with Crippen LogP contribution in [-0.2, 0) is 4.79 Å². The molecule has 1 aliphatic carbocycles. The molecule has 0 radical (unpaired) electrons. The second-order valence-electron chi connectivity index (χ2n) is 6.50. The van der Waals surface area contributed by atoms with Crippen molar-refractivity contribution in [3.63, 3.8) is 0 Å². The van der Waals surface area contributed by atoms with Crippen LogP contribution in [0, 0.1) is 5.92 Å². The summed E-state index contributed by atoms with van der Waals surface area (Å²) in [6, 6.07) is 10.9. The SMILES string of the molecule is O=C(Nc1ccc(Oc2ccc3nccnc3n2)cc1)C1CCCCC1. The lowest BCUT2D eigenvalue weighted by molar-refractivity contribution is -0.120. The number of benzene rings is 1. The third-order valence-electron chi connectivity index (χ3n) is 4.63. The smallest absolute Gasteiger partial charge is 0.227 e. The van der Waals surface area contributed by atoms with Gasteiger partial charge in [-0.1, -0.05) is 19.3 Å². The fourth-order valence-electron chi connectivity index (χ4n) is 3.23. The number of nitrogens with zero attached hydrogens (tertiary/aromatic N) is 3. The summed E-state index contributed by atoms with van der Waals surface area (Å²) >= 11 is 0. The van der Waals surface area contributed by atoms with Crippen LogP contribution in [0.15, 0.2) is 48.8 Å². The van der Waals surface area contributed by atoms with Crippen LogP contribution in [0.5, 0.6) is 11.6 Å². The number of rotatable bonds is 4. The molecule has 1 aliphatic rings. The molecule has 0 atom stereocenters. The number of ether oxygens (including phenoxy) is 1. The maximum atomic E-state index is 12.3. The van der Waals surface area contributed by atoms with Gasteiger partial charge in [-0.05, 0) is 43.2 Å². The fourth-order valence-corrected chi connectivity index (χ4v) is 3.23. The van der Waals surface area contributed by atoms with Crippen molar-refractivity contribution in [1.82, 2.24) is 15.0 Å². The van der Waals surface area contributed by atoms with E-state index in [1.54, 1.807) is 18.5 Å². The highest BCUT2D eigenvalue weighted by molar-refractivity contribution is 5.92. The number of amides is 1. The Morgan fingerprint density at radius 3 is 2.54 bits per heavy atom. The molecule has 1 aromatic carbocycles. The molecule has 0 spiro atoms. The highest BCUT2D eigenvalue weighted by Gasteiger charge is 2.20. The predicted molar refractivity (Wildman–Crippen MR) is 99.1 cm³/mol. The largest absolute Gasteiger partial charge is 0.439 e. The van der Waals surface area contributed by atoms with Crippen molar-refractivity contribution in [1.29, 1.82) is 0 Å². The van der Waals surface area contributed by atoms with Gasteiger partial charge in [0.2, 0.25) is 11.8 Å². The first kappa shape index (κ1) is 16.4. The predicted octanol–water partition coefficient (Wildman–Crippen LogP) is 4.34. The number of hydrogen-bond donors (Lipinski definition) is 1. The van der Waals surface area contributed by atoms with Crippen molar-refractivity contribution in [2.75, 3.05) is 5.32 Å². The third kappa shape index (κ3) is 3.79. The van der Waals surface area contributed by atoms with Gasteiger partial charge >= 0.3 is 0 Å². The summed E-state index contributed by atoms with van der Waals surface area (Å²) < 4.78 is 5.77. The summed E-state index contributed by atoms with van der Waals surface area (Å²) in [5, 5.41) is 3.00. The molecule has 1 N–H and O–H groups in total. The van der Waals surface area contributed by atoms with E-state index < -0.39 is 0 Å². The average molecular weight is 348 g/mol. The van der Waals surface area contributed by atoms with Crippen LogP contribution in [0.1, 0.15) is 32.1 Å². The van der Waals surface area contributed by atoms with Crippen LogP contribution in [0.25, 0.3) is 11.2 Å². The maximum absolute atomic E-state index is 12.3. The molecule has 6 nitrogen and oxygen atoms in total. The second kappa shape index (κ2) is 7.47. The van der Waals surface area contributed by atoms with Crippen LogP contribution >= 0.6 is 0 Å². The van der Waals surface area contributed by atoms with E-state index in [-0.39, 0.29) is 11.8 Å². The van der Waals surface area contributed by atoms with Crippen molar-refractivity contribution in [3.8, 4) is 11.6 Å². The van der Waals surface area contributed by atoms with Crippen molar-refractivity contribution in [2.24, 2.45) is 5.92 Å². The third-order valence-corrected chi connectivity index (χ3v) is 4.63. The van der Waals surface area contributed by atoms with Gasteiger partial charge in [-0.3, -0.25) is 9.78 Å².